The monoisotopic (exact) mass is 282 g/mol. The minimum Gasteiger partial charge on any atom is -0.466 e. The van der Waals surface area contributed by atoms with Crippen molar-refractivity contribution in [2.24, 2.45) is 0 Å². The molecule has 0 atom stereocenters. The highest BCUT2D eigenvalue weighted by atomic mass is 16.3. The first-order valence-electron chi connectivity index (χ1n) is 7.07. The van der Waals surface area contributed by atoms with E-state index in [0.29, 0.717) is 6.42 Å². The van der Waals surface area contributed by atoms with E-state index in [9.17, 15) is 0 Å². The van der Waals surface area contributed by atoms with Crippen molar-refractivity contribution in [3.8, 4) is 11.4 Å². The van der Waals surface area contributed by atoms with Gasteiger partial charge in [0, 0.05) is 25.4 Å². The topological polar surface area (TPSA) is 56.7 Å². The summed E-state index contributed by atoms with van der Waals surface area (Å²) in [5.74, 6) is 3.44. The Kier molecular flexibility index (Phi) is 3.56. The van der Waals surface area contributed by atoms with E-state index in [4.69, 9.17) is 4.42 Å². The smallest absolute Gasteiger partial charge is 0.161 e. The lowest BCUT2D eigenvalue weighted by Crippen LogP contribution is -2.00. The fourth-order valence-electron chi connectivity index (χ4n) is 2.42. The first-order chi connectivity index (χ1) is 10.2. The van der Waals surface area contributed by atoms with Gasteiger partial charge in [-0.15, -0.1) is 0 Å². The van der Waals surface area contributed by atoms with Crippen molar-refractivity contribution in [1.82, 2.24) is 19.7 Å². The van der Waals surface area contributed by atoms with E-state index in [1.807, 2.05) is 42.9 Å². The molecule has 3 aromatic rings. The van der Waals surface area contributed by atoms with Crippen LogP contribution in [-0.2, 0) is 13.0 Å². The minimum atomic E-state index is 0.684. The van der Waals surface area contributed by atoms with Crippen LogP contribution in [0.15, 0.2) is 35.0 Å². The molecule has 0 aromatic carbocycles. The van der Waals surface area contributed by atoms with Crippen LogP contribution in [-0.4, -0.2) is 19.7 Å². The van der Waals surface area contributed by atoms with E-state index >= 15 is 0 Å². The van der Waals surface area contributed by atoms with E-state index in [2.05, 4.69) is 22.0 Å². The second-order valence-corrected chi connectivity index (χ2v) is 5.03. The third-order valence-electron chi connectivity index (χ3n) is 3.38. The molecule has 3 rings (SSSR count). The number of furan rings is 1. The fraction of sp³-hybridized carbons (Fsp3) is 0.312. The number of nitrogens with zero attached hydrogens (tertiary/aromatic N) is 4. The van der Waals surface area contributed by atoms with Gasteiger partial charge in [-0.05, 0) is 38.5 Å². The van der Waals surface area contributed by atoms with Gasteiger partial charge in [0.15, 0.2) is 11.6 Å². The number of aryl methyl sites for hydroxylation is 3. The maximum atomic E-state index is 5.60. The van der Waals surface area contributed by atoms with Gasteiger partial charge in [0.1, 0.15) is 11.5 Å². The summed E-state index contributed by atoms with van der Waals surface area (Å²) < 4.78 is 7.52. The van der Waals surface area contributed by atoms with Gasteiger partial charge >= 0.3 is 0 Å². The molecule has 0 unspecified atom stereocenters. The van der Waals surface area contributed by atoms with Crippen LogP contribution in [0.5, 0.6) is 0 Å². The molecule has 5 nitrogen and oxygen atoms in total. The highest BCUT2D eigenvalue weighted by Crippen LogP contribution is 2.25. The molecule has 0 aliphatic rings. The predicted octanol–water partition coefficient (Wildman–Crippen LogP) is 3.16. The summed E-state index contributed by atoms with van der Waals surface area (Å²) in [5.41, 5.74) is 2.12. The quantitative estimate of drug-likeness (QED) is 0.737. The van der Waals surface area contributed by atoms with Crippen LogP contribution in [0.2, 0.25) is 0 Å². The van der Waals surface area contributed by atoms with Crippen LogP contribution in [0.25, 0.3) is 11.4 Å². The van der Waals surface area contributed by atoms with Crippen LogP contribution in [0, 0.1) is 13.8 Å². The van der Waals surface area contributed by atoms with Gasteiger partial charge in [0.2, 0.25) is 0 Å². The number of aromatic nitrogens is 4. The van der Waals surface area contributed by atoms with E-state index < -0.39 is 0 Å². The van der Waals surface area contributed by atoms with Gasteiger partial charge in [0.05, 0.1) is 5.56 Å². The summed E-state index contributed by atoms with van der Waals surface area (Å²) >= 11 is 0. The third kappa shape index (κ3) is 2.72. The summed E-state index contributed by atoms with van der Waals surface area (Å²) in [7, 11) is 0. The SMILES string of the molecule is CCn1nc(Cc2cccnc2)nc1-c1cc(C)oc1C. The molecule has 0 fully saturated rings. The molecule has 0 N–H and O–H groups in total. The standard InChI is InChI=1S/C16H18N4O/c1-4-20-16(14-8-11(2)21-12(14)3)18-15(19-20)9-13-6-5-7-17-10-13/h5-8,10H,4,9H2,1-3H3. The summed E-state index contributed by atoms with van der Waals surface area (Å²) in [6.07, 6.45) is 4.30. The maximum absolute atomic E-state index is 5.60. The lowest BCUT2D eigenvalue weighted by atomic mass is 10.2. The predicted molar refractivity (Wildman–Crippen MR) is 79.9 cm³/mol. The molecular formula is C16H18N4O. The van der Waals surface area contributed by atoms with E-state index in [0.717, 1.165) is 40.8 Å². The molecular weight excluding hydrogens is 264 g/mol. The lowest BCUT2D eigenvalue weighted by Gasteiger charge is -1.99. The zero-order valence-corrected chi connectivity index (χ0v) is 12.5. The van der Waals surface area contributed by atoms with E-state index in [1.54, 1.807) is 6.20 Å². The summed E-state index contributed by atoms with van der Waals surface area (Å²) in [6.45, 7) is 6.74. The van der Waals surface area contributed by atoms with Gasteiger partial charge in [-0.3, -0.25) is 4.98 Å². The lowest BCUT2D eigenvalue weighted by molar-refractivity contribution is 0.505. The molecule has 3 aromatic heterocycles. The Morgan fingerprint density at radius 1 is 1.29 bits per heavy atom. The first kappa shape index (κ1) is 13.5. The average molecular weight is 282 g/mol. The largest absolute Gasteiger partial charge is 0.466 e. The highest BCUT2D eigenvalue weighted by molar-refractivity contribution is 5.58. The molecule has 0 aliphatic heterocycles. The Bertz CT molecular complexity index is 743. The highest BCUT2D eigenvalue weighted by Gasteiger charge is 2.16. The normalized spacial score (nSPS) is 11.0. The van der Waals surface area contributed by atoms with E-state index in [-0.39, 0.29) is 0 Å². The zero-order valence-electron chi connectivity index (χ0n) is 12.5. The minimum absolute atomic E-state index is 0.684. The number of hydrogen-bond donors (Lipinski definition) is 0. The molecule has 0 aliphatic carbocycles. The Labute approximate surface area is 123 Å². The molecule has 21 heavy (non-hydrogen) atoms. The fourth-order valence-corrected chi connectivity index (χ4v) is 2.42. The Morgan fingerprint density at radius 2 is 2.14 bits per heavy atom. The first-order valence-corrected chi connectivity index (χ1v) is 7.07. The van der Waals surface area contributed by atoms with Crippen molar-refractivity contribution in [1.29, 1.82) is 0 Å². The number of pyridine rings is 1. The van der Waals surface area contributed by atoms with Crippen LogP contribution in [0.4, 0.5) is 0 Å². The summed E-state index contributed by atoms with van der Waals surface area (Å²) in [5, 5.41) is 4.59. The molecule has 0 radical (unpaired) electrons. The Hall–Kier alpha value is -2.43. The van der Waals surface area contributed by atoms with Crippen LogP contribution in [0.3, 0.4) is 0 Å². The molecule has 0 bridgehead atoms. The molecule has 108 valence electrons. The van der Waals surface area contributed by atoms with Crippen molar-refractivity contribution in [2.75, 3.05) is 0 Å². The zero-order chi connectivity index (χ0) is 14.8. The van der Waals surface area contributed by atoms with Gasteiger partial charge < -0.3 is 4.42 Å². The molecule has 0 spiro atoms. The summed E-state index contributed by atoms with van der Waals surface area (Å²) in [6, 6.07) is 5.97. The van der Waals surface area contributed by atoms with Crippen molar-refractivity contribution >= 4 is 0 Å². The third-order valence-corrected chi connectivity index (χ3v) is 3.38. The van der Waals surface area contributed by atoms with Crippen molar-refractivity contribution in [3.63, 3.8) is 0 Å². The van der Waals surface area contributed by atoms with Gasteiger partial charge in [-0.2, -0.15) is 5.10 Å². The van der Waals surface area contributed by atoms with E-state index in [1.165, 1.54) is 0 Å². The average Bonchev–Trinajstić information content (AvgIpc) is 3.02. The Morgan fingerprint density at radius 3 is 2.76 bits per heavy atom. The van der Waals surface area contributed by atoms with Crippen molar-refractivity contribution in [2.45, 2.75) is 33.7 Å². The van der Waals surface area contributed by atoms with Gasteiger partial charge in [-0.25, -0.2) is 9.67 Å². The van der Waals surface area contributed by atoms with Crippen molar-refractivity contribution < 1.29 is 4.42 Å². The molecule has 0 amide bonds. The second-order valence-electron chi connectivity index (χ2n) is 5.03. The second kappa shape index (κ2) is 5.52. The number of rotatable bonds is 4. The Balaban J connectivity index is 1.97. The van der Waals surface area contributed by atoms with Crippen LogP contribution in [0.1, 0.15) is 29.8 Å². The van der Waals surface area contributed by atoms with Crippen molar-refractivity contribution in [3.05, 3.63) is 53.5 Å². The number of hydrogen-bond acceptors (Lipinski definition) is 4. The van der Waals surface area contributed by atoms with Gasteiger partial charge in [0.25, 0.3) is 0 Å². The molecule has 5 heteroatoms. The molecule has 0 saturated carbocycles. The van der Waals surface area contributed by atoms with Crippen LogP contribution >= 0.6 is 0 Å². The van der Waals surface area contributed by atoms with Crippen LogP contribution < -0.4 is 0 Å². The molecule has 3 heterocycles. The molecule has 0 saturated heterocycles. The summed E-state index contributed by atoms with van der Waals surface area (Å²) in [4.78, 5) is 8.81. The van der Waals surface area contributed by atoms with Gasteiger partial charge in [-0.1, -0.05) is 6.07 Å². The maximum Gasteiger partial charge on any atom is 0.161 e.